The van der Waals surface area contributed by atoms with Gasteiger partial charge in [-0.1, -0.05) is 146 Å². The highest BCUT2D eigenvalue weighted by Gasteiger charge is 2.17. The number of carbonyl (C=O) groups is 2. The van der Waals surface area contributed by atoms with Gasteiger partial charge in [-0.3, -0.25) is 4.79 Å². The quantitative estimate of drug-likeness (QED) is 0.0349. The molecule has 0 aliphatic rings. The summed E-state index contributed by atoms with van der Waals surface area (Å²) in [5, 5.41) is 0. The van der Waals surface area contributed by atoms with Crippen LogP contribution in [0.4, 0.5) is 0 Å². The fraction of sp³-hybridized carbons (Fsp3) is 0.409. The van der Waals surface area contributed by atoms with Gasteiger partial charge in [0.25, 0.3) is 0 Å². The van der Waals surface area contributed by atoms with Gasteiger partial charge in [0.05, 0.1) is 23.7 Å². The lowest BCUT2D eigenvalue weighted by Gasteiger charge is -2.10. The van der Waals surface area contributed by atoms with Crippen LogP contribution in [0.15, 0.2) is 97.1 Å². The molecule has 4 aromatic rings. The Balaban J connectivity index is 1.20. The normalized spacial score (nSPS) is 12.0. The lowest BCUT2D eigenvalue weighted by molar-refractivity contribution is 0.0734. The van der Waals surface area contributed by atoms with Crippen molar-refractivity contribution in [2.75, 3.05) is 12.4 Å². The first-order chi connectivity index (χ1) is 24.7. The van der Waals surface area contributed by atoms with E-state index in [0.29, 0.717) is 34.6 Å². The molecule has 0 saturated heterocycles. The molecule has 7 heteroatoms. The number of hydrogen-bond donors (Lipinski definition) is 0. The zero-order valence-electron chi connectivity index (χ0n) is 30.6. The van der Waals surface area contributed by atoms with E-state index in [-0.39, 0.29) is 23.2 Å². The summed E-state index contributed by atoms with van der Waals surface area (Å²) in [6, 6.07) is 28.4. The van der Waals surface area contributed by atoms with Crippen molar-refractivity contribution >= 4 is 21.6 Å². The van der Waals surface area contributed by atoms with E-state index in [9.17, 15) is 18.0 Å². The minimum absolute atomic E-state index is 0.0272. The van der Waals surface area contributed by atoms with Crippen molar-refractivity contribution in [2.24, 2.45) is 5.92 Å². The van der Waals surface area contributed by atoms with Gasteiger partial charge in [-0.05, 0) is 65.4 Å². The van der Waals surface area contributed by atoms with Crippen LogP contribution < -0.4 is 9.47 Å². The maximum absolute atomic E-state index is 13.1. The predicted octanol–water partition coefficient (Wildman–Crippen LogP) is 11.1. The Hall–Kier alpha value is -4.23. The first kappa shape index (κ1) is 39.6. The molecule has 0 aromatic heterocycles. The third-order valence-corrected chi connectivity index (χ3v) is 11.1. The van der Waals surface area contributed by atoms with E-state index in [4.69, 9.17) is 9.47 Å². The van der Waals surface area contributed by atoms with Crippen LogP contribution in [-0.4, -0.2) is 32.5 Å². The van der Waals surface area contributed by atoms with Crippen LogP contribution in [0.1, 0.15) is 123 Å². The molecule has 4 rings (SSSR count). The Labute approximate surface area is 305 Å². The van der Waals surface area contributed by atoms with Gasteiger partial charge >= 0.3 is 5.97 Å². The van der Waals surface area contributed by atoms with Crippen LogP contribution in [0.2, 0.25) is 0 Å². The number of ether oxygens (including phenoxy) is 2. The third kappa shape index (κ3) is 13.4. The number of carbonyl (C=O) groups excluding carboxylic acids is 2. The third-order valence-electron chi connectivity index (χ3n) is 9.24. The van der Waals surface area contributed by atoms with E-state index in [1.54, 1.807) is 60.7 Å². The molecule has 272 valence electrons. The van der Waals surface area contributed by atoms with Gasteiger partial charge in [-0.2, -0.15) is 0 Å². The predicted molar refractivity (Wildman–Crippen MR) is 207 cm³/mol. The zero-order valence-corrected chi connectivity index (χ0v) is 31.4. The molecule has 0 spiro atoms. The number of ketones is 1. The van der Waals surface area contributed by atoms with Crippen LogP contribution in [0, 0.1) is 5.92 Å². The molecule has 0 N–H and O–H groups in total. The smallest absolute Gasteiger partial charge is 0.343 e. The highest BCUT2D eigenvalue weighted by atomic mass is 32.2. The Morgan fingerprint density at radius 1 is 0.588 bits per heavy atom. The van der Waals surface area contributed by atoms with E-state index in [1.165, 1.54) is 57.8 Å². The van der Waals surface area contributed by atoms with Crippen molar-refractivity contribution in [1.82, 2.24) is 0 Å². The number of rotatable bonds is 22. The van der Waals surface area contributed by atoms with Gasteiger partial charge in [0.15, 0.2) is 15.6 Å². The Morgan fingerprint density at radius 2 is 1.06 bits per heavy atom. The van der Waals surface area contributed by atoms with Crippen molar-refractivity contribution in [3.63, 3.8) is 0 Å². The summed E-state index contributed by atoms with van der Waals surface area (Å²) in [5.41, 5.74) is 4.00. The topological polar surface area (TPSA) is 86.7 Å². The highest BCUT2D eigenvalue weighted by Crippen LogP contribution is 2.25. The fourth-order valence-corrected chi connectivity index (χ4v) is 7.87. The minimum atomic E-state index is -3.21. The molecule has 1 unspecified atom stereocenters. The van der Waals surface area contributed by atoms with Crippen LogP contribution in [0.5, 0.6) is 11.5 Å². The first-order valence-corrected chi connectivity index (χ1v) is 20.5. The maximum Gasteiger partial charge on any atom is 0.343 e. The number of hydrogen-bond acceptors (Lipinski definition) is 6. The Morgan fingerprint density at radius 3 is 1.61 bits per heavy atom. The van der Waals surface area contributed by atoms with Gasteiger partial charge in [0.1, 0.15) is 11.5 Å². The highest BCUT2D eigenvalue weighted by molar-refractivity contribution is 7.90. The van der Waals surface area contributed by atoms with E-state index in [0.717, 1.165) is 29.7 Å². The molecule has 6 nitrogen and oxygen atoms in total. The van der Waals surface area contributed by atoms with Gasteiger partial charge in [-0.25, -0.2) is 13.2 Å². The Kier molecular flexibility index (Phi) is 16.0. The molecule has 0 aliphatic carbocycles. The lowest BCUT2D eigenvalue weighted by atomic mass is 9.99. The summed E-state index contributed by atoms with van der Waals surface area (Å²) in [7, 11) is -3.21. The number of sulfone groups is 1. The van der Waals surface area contributed by atoms with Crippen LogP contribution in [0.3, 0.4) is 0 Å². The van der Waals surface area contributed by atoms with Crippen LogP contribution in [-0.2, 0) is 15.6 Å². The molecule has 4 aromatic carbocycles. The first-order valence-electron chi connectivity index (χ1n) is 18.7. The van der Waals surface area contributed by atoms with Crippen LogP contribution >= 0.6 is 0 Å². The standard InChI is InChI=1S/C44H54O6S/c1-4-6-7-8-9-10-11-12-13-14-31-49-41-27-25-40(26-28-41)44(46)50-42-29-23-37(24-30-42)36-19-21-39(22-20-36)43(45)38-17-15-35(16-18-38)33-51(47,48)32-34(3)5-2/h15-30,34H,4-14,31-33H2,1-3H3. The van der Waals surface area contributed by atoms with Gasteiger partial charge in [0, 0.05) is 11.1 Å². The SMILES string of the molecule is CCCCCCCCCCCCOc1ccc(C(=O)Oc2ccc(-c3ccc(C(=O)c4ccc(CS(=O)(=O)CC(C)CC)cc4)cc3)cc2)cc1. The molecule has 51 heavy (non-hydrogen) atoms. The lowest BCUT2D eigenvalue weighted by Crippen LogP contribution is -2.15. The summed E-state index contributed by atoms with van der Waals surface area (Å²) in [4.78, 5) is 25.9. The van der Waals surface area contributed by atoms with Crippen molar-refractivity contribution in [1.29, 1.82) is 0 Å². The second-order valence-electron chi connectivity index (χ2n) is 13.6. The summed E-state index contributed by atoms with van der Waals surface area (Å²) in [6.07, 6.45) is 13.7. The number of esters is 1. The fourth-order valence-electron chi connectivity index (χ4n) is 5.95. The van der Waals surface area contributed by atoms with E-state index in [2.05, 4.69) is 6.92 Å². The molecule has 0 bridgehead atoms. The molecule has 0 aliphatic heterocycles. The monoisotopic (exact) mass is 710 g/mol. The zero-order chi connectivity index (χ0) is 36.5. The van der Waals surface area contributed by atoms with Gasteiger partial charge in [-0.15, -0.1) is 0 Å². The number of unbranched alkanes of at least 4 members (excludes halogenated alkanes) is 9. The molecule has 0 fully saturated rings. The van der Waals surface area contributed by atoms with Crippen molar-refractivity contribution in [2.45, 2.75) is 97.2 Å². The second-order valence-corrected chi connectivity index (χ2v) is 15.7. The van der Waals surface area contributed by atoms with E-state index < -0.39 is 15.8 Å². The van der Waals surface area contributed by atoms with E-state index >= 15 is 0 Å². The minimum Gasteiger partial charge on any atom is -0.494 e. The molecule has 0 amide bonds. The summed E-state index contributed by atoms with van der Waals surface area (Å²) in [6.45, 7) is 6.85. The summed E-state index contributed by atoms with van der Waals surface area (Å²) in [5.74, 6) is 0.868. The number of benzene rings is 4. The van der Waals surface area contributed by atoms with Gasteiger partial charge in [0.2, 0.25) is 0 Å². The van der Waals surface area contributed by atoms with Crippen LogP contribution in [0.25, 0.3) is 11.1 Å². The molecular weight excluding hydrogens is 657 g/mol. The second kappa shape index (κ2) is 20.6. The van der Waals surface area contributed by atoms with Crippen molar-refractivity contribution in [3.05, 3.63) is 119 Å². The molecule has 0 radical (unpaired) electrons. The maximum atomic E-state index is 13.1. The molecule has 0 heterocycles. The largest absolute Gasteiger partial charge is 0.494 e. The van der Waals surface area contributed by atoms with E-state index in [1.807, 2.05) is 50.2 Å². The van der Waals surface area contributed by atoms with Crippen molar-refractivity contribution < 1.29 is 27.5 Å². The van der Waals surface area contributed by atoms with Crippen molar-refractivity contribution in [3.8, 4) is 22.6 Å². The average molecular weight is 711 g/mol. The molecule has 1 atom stereocenters. The average Bonchev–Trinajstić information content (AvgIpc) is 3.14. The molecule has 0 saturated carbocycles. The summed E-state index contributed by atoms with van der Waals surface area (Å²) < 4.78 is 36.4. The van der Waals surface area contributed by atoms with Gasteiger partial charge < -0.3 is 9.47 Å². The Bertz CT molecular complexity index is 1740. The molecular formula is C44H54O6S. The summed E-state index contributed by atoms with van der Waals surface area (Å²) >= 11 is 0.